The highest BCUT2D eigenvalue weighted by atomic mass is 16.7. The number of nitrogens with one attached hydrogen (secondary N) is 1. The number of benzene rings is 2. The van der Waals surface area contributed by atoms with Crippen molar-refractivity contribution in [1.29, 1.82) is 0 Å². The molecule has 11 nitrogen and oxygen atoms in total. The first-order valence-corrected chi connectivity index (χ1v) is 14.4. The first-order valence-electron chi connectivity index (χ1n) is 14.4. The van der Waals surface area contributed by atoms with Crippen LogP contribution in [-0.2, 0) is 35.0 Å². The highest BCUT2D eigenvalue weighted by molar-refractivity contribution is 5.99. The second-order valence-corrected chi connectivity index (χ2v) is 10.4. The Morgan fingerprint density at radius 2 is 1.74 bits per heavy atom. The normalized spacial score (nSPS) is 18.6. The highest BCUT2D eigenvalue weighted by Crippen LogP contribution is 2.40. The molecule has 0 aliphatic carbocycles. The van der Waals surface area contributed by atoms with E-state index in [1.807, 2.05) is 24.3 Å². The maximum atomic E-state index is 13.3. The van der Waals surface area contributed by atoms with Crippen molar-refractivity contribution < 1.29 is 38.2 Å². The van der Waals surface area contributed by atoms with Crippen LogP contribution >= 0.6 is 0 Å². The lowest BCUT2D eigenvalue weighted by Crippen LogP contribution is -2.32. The summed E-state index contributed by atoms with van der Waals surface area (Å²) in [5, 5.41) is 14.5. The van der Waals surface area contributed by atoms with Gasteiger partial charge in [0.25, 0.3) is 5.69 Å². The topological polar surface area (TPSA) is 135 Å². The molecule has 1 saturated heterocycles. The Morgan fingerprint density at radius 1 is 1.00 bits per heavy atom. The van der Waals surface area contributed by atoms with E-state index in [4.69, 9.17) is 23.7 Å². The van der Waals surface area contributed by atoms with Gasteiger partial charge in [0.2, 0.25) is 0 Å². The molecule has 0 amide bonds. The molecular formula is C32H38N2O9. The van der Waals surface area contributed by atoms with E-state index < -0.39 is 22.8 Å². The van der Waals surface area contributed by atoms with E-state index in [0.29, 0.717) is 42.3 Å². The molecule has 2 atom stereocenters. The molecule has 11 heteroatoms. The minimum Gasteiger partial charge on any atom is -0.493 e. The molecule has 1 N–H and O–H groups in total. The number of carbonyl (C=O) groups is 2. The third kappa shape index (κ3) is 8.42. The quantitative estimate of drug-likeness (QED) is 0.144. The van der Waals surface area contributed by atoms with Crippen molar-refractivity contribution in [1.82, 2.24) is 5.32 Å². The van der Waals surface area contributed by atoms with E-state index in [1.54, 1.807) is 19.9 Å². The van der Waals surface area contributed by atoms with E-state index >= 15 is 0 Å². The van der Waals surface area contributed by atoms with Crippen LogP contribution in [0.1, 0.15) is 56.6 Å². The van der Waals surface area contributed by atoms with Gasteiger partial charge >= 0.3 is 11.9 Å². The fourth-order valence-corrected chi connectivity index (χ4v) is 5.19. The Labute approximate surface area is 250 Å². The van der Waals surface area contributed by atoms with Crippen LogP contribution in [0, 0.1) is 10.1 Å². The molecule has 2 aromatic carbocycles. The molecule has 0 aromatic heterocycles. The van der Waals surface area contributed by atoms with Crippen molar-refractivity contribution in [2.75, 3.05) is 33.5 Å². The number of allylic oxidation sites excluding steroid dienone is 2. The van der Waals surface area contributed by atoms with Gasteiger partial charge in [-0.05, 0) is 62.8 Å². The number of non-ortho nitro benzene ring substituents is 1. The molecule has 0 bridgehead atoms. The van der Waals surface area contributed by atoms with Gasteiger partial charge in [0.05, 0.1) is 48.9 Å². The minimum absolute atomic E-state index is 0.0756. The van der Waals surface area contributed by atoms with Crippen LogP contribution in [0.5, 0.6) is 5.75 Å². The zero-order valence-corrected chi connectivity index (χ0v) is 24.8. The molecule has 2 heterocycles. The fourth-order valence-electron chi connectivity index (χ4n) is 5.19. The molecule has 1 unspecified atom stereocenters. The van der Waals surface area contributed by atoms with E-state index in [1.165, 1.54) is 25.3 Å². The monoisotopic (exact) mass is 594 g/mol. The van der Waals surface area contributed by atoms with Gasteiger partial charge in [-0.15, -0.1) is 0 Å². The largest absolute Gasteiger partial charge is 0.493 e. The van der Waals surface area contributed by atoms with Crippen molar-refractivity contribution in [2.24, 2.45) is 0 Å². The number of methoxy groups -OCH3 is 1. The second-order valence-electron chi connectivity index (χ2n) is 10.4. The molecule has 0 spiro atoms. The maximum absolute atomic E-state index is 13.3. The van der Waals surface area contributed by atoms with Gasteiger partial charge in [0.15, 0.2) is 6.29 Å². The molecule has 0 saturated carbocycles. The Morgan fingerprint density at radius 3 is 2.42 bits per heavy atom. The predicted molar refractivity (Wildman–Crippen MR) is 157 cm³/mol. The van der Waals surface area contributed by atoms with Crippen molar-refractivity contribution in [3.63, 3.8) is 0 Å². The van der Waals surface area contributed by atoms with Gasteiger partial charge in [0.1, 0.15) is 5.75 Å². The molecule has 2 aromatic rings. The van der Waals surface area contributed by atoms with E-state index in [2.05, 4.69) is 5.32 Å². The zero-order valence-electron chi connectivity index (χ0n) is 24.8. The highest BCUT2D eigenvalue weighted by Gasteiger charge is 2.38. The third-order valence-corrected chi connectivity index (χ3v) is 7.35. The van der Waals surface area contributed by atoms with Crippen molar-refractivity contribution in [3.8, 4) is 5.75 Å². The van der Waals surface area contributed by atoms with Gasteiger partial charge in [-0.1, -0.05) is 24.3 Å². The molecular weight excluding hydrogens is 556 g/mol. The van der Waals surface area contributed by atoms with Crippen LogP contribution in [0.4, 0.5) is 5.69 Å². The Bertz CT molecular complexity index is 1360. The summed E-state index contributed by atoms with van der Waals surface area (Å²) in [5.41, 5.74) is 2.72. The number of ether oxygens (including phenoxy) is 5. The lowest BCUT2D eigenvalue weighted by atomic mass is 9.80. The average molecular weight is 595 g/mol. The summed E-state index contributed by atoms with van der Waals surface area (Å²) >= 11 is 0. The Balaban J connectivity index is 1.31. The summed E-state index contributed by atoms with van der Waals surface area (Å²) in [4.78, 5) is 37.0. The first kappa shape index (κ1) is 31.7. The Kier molecular flexibility index (Phi) is 11.3. The average Bonchev–Trinajstić information content (AvgIpc) is 3.01. The Hall–Kier alpha value is -4.22. The van der Waals surface area contributed by atoms with Gasteiger partial charge < -0.3 is 29.0 Å². The van der Waals surface area contributed by atoms with Crippen LogP contribution in [0.25, 0.3) is 0 Å². The summed E-state index contributed by atoms with van der Waals surface area (Å²) in [7, 11) is 1.24. The van der Waals surface area contributed by atoms with Crippen LogP contribution < -0.4 is 10.1 Å². The van der Waals surface area contributed by atoms with Gasteiger partial charge in [0, 0.05) is 36.6 Å². The van der Waals surface area contributed by atoms with Crippen LogP contribution in [0.2, 0.25) is 0 Å². The maximum Gasteiger partial charge on any atom is 0.336 e. The summed E-state index contributed by atoms with van der Waals surface area (Å²) in [6.45, 7) is 5.14. The number of rotatable bonds is 13. The zero-order chi connectivity index (χ0) is 30.8. The molecule has 0 radical (unpaired) electrons. The number of esters is 2. The molecule has 43 heavy (non-hydrogen) atoms. The summed E-state index contributed by atoms with van der Waals surface area (Å²) in [6.07, 6.45) is 4.30. The molecule has 230 valence electrons. The molecule has 1 fully saturated rings. The van der Waals surface area contributed by atoms with Crippen molar-refractivity contribution >= 4 is 17.6 Å². The second kappa shape index (κ2) is 15.3. The number of hydrogen-bond acceptors (Lipinski definition) is 10. The number of hydrogen-bond donors (Lipinski definition) is 1. The minimum atomic E-state index is -0.906. The smallest absolute Gasteiger partial charge is 0.336 e. The lowest BCUT2D eigenvalue weighted by Gasteiger charge is -2.30. The molecule has 2 aliphatic heterocycles. The van der Waals surface area contributed by atoms with Crippen LogP contribution in [0.15, 0.2) is 71.1 Å². The number of nitro groups is 1. The van der Waals surface area contributed by atoms with E-state index in [9.17, 15) is 19.7 Å². The van der Waals surface area contributed by atoms with Gasteiger partial charge in [-0.25, -0.2) is 9.59 Å². The fraction of sp³-hybridized carbons (Fsp3) is 0.438. The third-order valence-electron chi connectivity index (χ3n) is 7.35. The van der Waals surface area contributed by atoms with Crippen LogP contribution in [-0.4, -0.2) is 56.7 Å². The first-order chi connectivity index (χ1) is 20.8. The number of nitro benzene ring substituents is 1. The van der Waals surface area contributed by atoms with Gasteiger partial charge in [-0.2, -0.15) is 0 Å². The molecule has 4 rings (SSSR count). The number of carbonyl (C=O) groups excluding carboxylic acids is 2. The predicted octanol–water partition coefficient (Wildman–Crippen LogP) is 5.10. The van der Waals surface area contributed by atoms with Crippen molar-refractivity contribution in [3.05, 3.63) is 92.3 Å². The SMILES string of the molecule is COC(=O)C1=C(C)NC(C)=C(C(=O)OCCCOc2ccc(CCO[C@@H]3CCCCO3)cc2)C1c1cccc([N+](=O)[O-])c1. The lowest BCUT2D eigenvalue weighted by molar-refractivity contribution is -0.384. The molecule has 2 aliphatic rings. The summed E-state index contributed by atoms with van der Waals surface area (Å²) in [6, 6.07) is 13.6. The van der Waals surface area contributed by atoms with Crippen LogP contribution in [0.3, 0.4) is 0 Å². The van der Waals surface area contributed by atoms with Gasteiger partial charge in [-0.3, -0.25) is 10.1 Å². The standard InChI is InChI=1S/C32H38N2O9/c1-21-28(31(35)39-3)30(24-8-6-9-25(20-24)34(37)38)29(22(2)33-21)32(36)43-18-7-17-40-26-13-11-23(12-14-26)15-19-42-27-10-4-5-16-41-27/h6,8-9,11-14,20,27,30,33H,4-5,7,10,15-19H2,1-3H3/t27-,30?/m1/s1. The summed E-state index contributed by atoms with van der Waals surface area (Å²) < 4.78 is 27.8. The van der Waals surface area contributed by atoms with E-state index in [0.717, 1.165) is 37.9 Å². The van der Waals surface area contributed by atoms with Crippen molar-refractivity contribution in [2.45, 2.75) is 58.2 Å². The number of nitrogens with zero attached hydrogens (tertiary/aromatic N) is 1. The number of dihydropyridines is 1. The summed E-state index contributed by atoms with van der Waals surface area (Å²) in [5.74, 6) is -1.49. The van der Waals surface area contributed by atoms with E-state index in [-0.39, 0.29) is 29.7 Å².